The maximum absolute atomic E-state index is 5.36. The molecule has 0 atom stereocenters. The second-order valence-corrected chi connectivity index (χ2v) is 6.48. The number of guanidine groups is 1. The molecule has 0 spiro atoms. The number of rotatable bonds is 6. The van der Waals surface area contributed by atoms with Crippen LogP contribution in [0, 0.1) is 0 Å². The third kappa shape index (κ3) is 4.30. The zero-order chi connectivity index (χ0) is 19.2. The van der Waals surface area contributed by atoms with Gasteiger partial charge in [0, 0.05) is 24.3 Å². The van der Waals surface area contributed by atoms with E-state index in [9.17, 15) is 0 Å². The predicted molar refractivity (Wildman–Crippen MR) is 107 cm³/mol. The van der Waals surface area contributed by atoms with Gasteiger partial charge in [-0.3, -0.25) is 9.39 Å². The molecule has 0 amide bonds. The molecule has 0 saturated heterocycles. The van der Waals surface area contributed by atoms with Gasteiger partial charge in [0.2, 0.25) is 0 Å². The first-order valence-corrected chi connectivity index (χ1v) is 9.09. The Bertz CT molecular complexity index is 956. The van der Waals surface area contributed by atoms with Crippen molar-refractivity contribution < 1.29 is 9.47 Å². The van der Waals surface area contributed by atoms with Gasteiger partial charge in [-0.25, -0.2) is 0 Å². The number of hydrogen-bond donors (Lipinski definition) is 2. The summed E-state index contributed by atoms with van der Waals surface area (Å²) in [6, 6.07) is 9.60. The fourth-order valence-electron chi connectivity index (χ4n) is 2.61. The lowest BCUT2D eigenvalue weighted by molar-refractivity contribution is 0.354. The van der Waals surface area contributed by atoms with Crippen LogP contribution in [-0.4, -0.2) is 41.8 Å². The monoisotopic (exact) mass is 432 g/mol. The zero-order valence-electron chi connectivity index (χ0n) is 15.4. The van der Waals surface area contributed by atoms with E-state index in [0.29, 0.717) is 30.5 Å². The second kappa shape index (κ2) is 8.72. The lowest BCUT2D eigenvalue weighted by atomic mass is 10.2. The molecule has 0 unspecified atom stereocenters. The summed E-state index contributed by atoms with van der Waals surface area (Å²) in [7, 11) is 4.95. The maximum atomic E-state index is 5.36. The van der Waals surface area contributed by atoms with Crippen LogP contribution in [-0.2, 0) is 13.1 Å². The summed E-state index contributed by atoms with van der Waals surface area (Å²) >= 11 is 3.56. The number of nitrogens with one attached hydrogen (secondary N) is 2. The van der Waals surface area contributed by atoms with E-state index in [1.165, 1.54) is 0 Å². The van der Waals surface area contributed by atoms with Gasteiger partial charge < -0.3 is 20.1 Å². The van der Waals surface area contributed by atoms with Crippen LogP contribution in [0.1, 0.15) is 11.4 Å². The van der Waals surface area contributed by atoms with Gasteiger partial charge in [0.1, 0.15) is 0 Å². The smallest absolute Gasteiger partial charge is 0.191 e. The van der Waals surface area contributed by atoms with Crippen molar-refractivity contribution in [3.63, 3.8) is 0 Å². The third-order valence-corrected chi connectivity index (χ3v) is 4.76. The largest absolute Gasteiger partial charge is 0.493 e. The molecule has 2 aromatic heterocycles. The molecule has 1 aromatic carbocycles. The maximum Gasteiger partial charge on any atom is 0.191 e. The number of hydrogen-bond acceptors (Lipinski definition) is 5. The Morgan fingerprint density at radius 1 is 1.11 bits per heavy atom. The van der Waals surface area contributed by atoms with Crippen LogP contribution in [0.25, 0.3) is 5.65 Å². The third-order valence-electron chi connectivity index (χ3n) is 4.02. The van der Waals surface area contributed by atoms with Crippen LogP contribution in [0.3, 0.4) is 0 Å². The molecule has 0 aliphatic heterocycles. The highest BCUT2D eigenvalue weighted by atomic mass is 79.9. The molecule has 27 heavy (non-hydrogen) atoms. The predicted octanol–water partition coefficient (Wildman–Crippen LogP) is 2.37. The molecule has 0 fully saturated rings. The molecular weight excluding hydrogens is 412 g/mol. The number of aliphatic imine (C=N–C) groups is 1. The Balaban J connectivity index is 1.64. The quantitative estimate of drug-likeness (QED) is 0.459. The number of methoxy groups -OCH3 is 2. The van der Waals surface area contributed by atoms with E-state index < -0.39 is 0 Å². The molecule has 3 rings (SSSR count). The van der Waals surface area contributed by atoms with Gasteiger partial charge in [-0.15, -0.1) is 10.2 Å². The van der Waals surface area contributed by atoms with Gasteiger partial charge in [0.05, 0.1) is 20.8 Å². The first-order valence-electron chi connectivity index (χ1n) is 8.29. The van der Waals surface area contributed by atoms with E-state index in [1.54, 1.807) is 21.3 Å². The summed E-state index contributed by atoms with van der Waals surface area (Å²) in [5, 5.41) is 14.9. The minimum absolute atomic E-state index is 0.498. The number of ether oxygens (including phenoxy) is 2. The average Bonchev–Trinajstić information content (AvgIpc) is 3.12. The summed E-state index contributed by atoms with van der Waals surface area (Å²) in [5.41, 5.74) is 1.83. The van der Waals surface area contributed by atoms with Crippen LogP contribution >= 0.6 is 15.9 Å². The van der Waals surface area contributed by atoms with E-state index >= 15 is 0 Å². The first-order chi connectivity index (χ1) is 13.2. The van der Waals surface area contributed by atoms with Crippen molar-refractivity contribution in [1.82, 2.24) is 25.2 Å². The van der Waals surface area contributed by atoms with Crippen LogP contribution < -0.4 is 20.1 Å². The molecule has 2 heterocycles. The van der Waals surface area contributed by atoms with E-state index in [4.69, 9.17) is 9.47 Å². The minimum atomic E-state index is 0.498. The number of fused-ring (bicyclic) bond motifs is 1. The highest BCUT2D eigenvalue weighted by Gasteiger charge is 2.11. The fraction of sp³-hybridized carbons (Fsp3) is 0.278. The van der Waals surface area contributed by atoms with Gasteiger partial charge in [-0.05, 0) is 29.8 Å². The number of halogens is 1. The average molecular weight is 433 g/mol. The van der Waals surface area contributed by atoms with E-state index in [0.717, 1.165) is 21.5 Å². The highest BCUT2D eigenvalue weighted by Crippen LogP contribution is 2.33. The molecule has 142 valence electrons. The van der Waals surface area contributed by atoms with Gasteiger partial charge in [-0.2, -0.15) is 0 Å². The highest BCUT2D eigenvalue weighted by molar-refractivity contribution is 9.10. The first kappa shape index (κ1) is 19.0. The van der Waals surface area contributed by atoms with Crippen LogP contribution in [0.15, 0.2) is 46.0 Å². The van der Waals surface area contributed by atoms with Crippen LogP contribution in [0.4, 0.5) is 0 Å². The Morgan fingerprint density at radius 2 is 1.85 bits per heavy atom. The van der Waals surface area contributed by atoms with Crippen molar-refractivity contribution in [2.75, 3.05) is 21.3 Å². The van der Waals surface area contributed by atoms with Crippen molar-refractivity contribution >= 4 is 27.5 Å². The lowest BCUT2D eigenvalue weighted by Gasteiger charge is -2.14. The molecule has 0 aliphatic carbocycles. The Morgan fingerprint density at radius 3 is 2.59 bits per heavy atom. The standard InChI is InChI=1S/C18H21BrN6O2/c1-20-18(22-11-17-24-23-16-6-4-5-7-25(16)17)21-10-12-8-14(26-2)15(27-3)9-13(12)19/h4-9H,10-11H2,1-3H3,(H2,20,21,22). The van der Waals surface area contributed by atoms with E-state index in [1.807, 2.05) is 40.9 Å². The van der Waals surface area contributed by atoms with Gasteiger partial charge in [0.25, 0.3) is 0 Å². The van der Waals surface area contributed by atoms with Crippen LogP contribution in [0.2, 0.25) is 0 Å². The van der Waals surface area contributed by atoms with Gasteiger partial charge in [0.15, 0.2) is 28.9 Å². The molecule has 9 heteroatoms. The molecule has 0 bridgehead atoms. The molecule has 8 nitrogen and oxygen atoms in total. The van der Waals surface area contributed by atoms with Gasteiger partial charge >= 0.3 is 0 Å². The zero-order valence-corrected chi connectivity index (χ0v) is 16.9. The molecule has 3 aromatic rings. The Labute approximate surface area is 165 Å². The molecule has 0 saturated carbocycles. The summed E-state index contributed by atoms with van der Waals surface area (Å²) in [4.78, 5) is 4.25. The van der Waals surface area contributed by atoms with Crippen molar-refractivity contribution in [3.05, 3.63) is 52.4 Å². The fourth-order valence-corrected chi connectivity index (χ4v) is 3.07. The summed E-state index contributed by atoms with van der Waals surface area (Å²) in [5.74, 6) is 2.81. The van der Waals surface area contributed by atoms with Crippen molar-refractivity contribution in [1.29, 1.82) is 0 Å². The summed E-state index contributed by atoms with van der Waals surface area (Å²) in [6.07, 6.45) is 1.93. The number of nitrogens with zero attached hydrogens (tertiary/aromatic N) is 4. The number of benzene rings is 1. The molecule has 0 aliphatic rings. The normalized spacial score (nSPS) is 11.5. The Hall–Kier alpha value is -2.81. The molecule has 0 radical (unpaired) electrons. The topological polar surface area (TPSA) is 85.1 Å². The molecular formula is C18H21BrN6O2. The van der Waals surface area contributed by atoms with Crippen LogP contribution in [0.5, 0.6) is 11.5 Å². The minimum Gasteiger partial charge on any atom is -0.493 e. The van der Waals surface area contributed by atoms with Crippen molar-refractivity contribution in [3.8, 4) is 11.5 Å². The van der Waals surface area contributed by atoms with E-state index in [-0.39, 0.29) is 0 Å². The van der Waals surface area contributed by atoms with Crippen molar-refractivity contribution in [2.45, 2.75) is 13.1 Å². The SMILES string of the molecule is CN=C(NCc1cc(OC)c(OC)cc1Br)NCc1nnc2ccccn12. The summed E-state index contributed by atoms with van der Waals surface area (Å²) in [6.45, 7) is 1.05. The van der Waals surface area contributed by atoms with Crippen molar-refractivity contribution in [2.24, 2.45) is 4.99 Å². The summed E-state index contributed by atoms with van der Waals surface area (Å²) < 4.78 is 13.5. The van der Waals surface area contributed by atoms with Gasteiger partial charge in [-0.1, -0.05) is 22.0 Å². The number of pyridine rings is 1. The molecule has 2 N–H and O–H groups in total. The van der Waals surface area contributed by atoms with E-state index in [2.05, 4.69) is 41.8 Å². The lowest BCUT2D eigenvalue weighted by Crippen LogP contribution is -2.36. The second-order valence-electron chi connectivity index (χ2n) is 5.62. The Kier molecular flexibility index (Phi) is 6.12. The number of aromatic nitrogens is 3.